The maximum atomic E-state index is 13.2. The second-order valence-corrected chi connectivity index (χ2v) is 4.92. The molecule has 4 heteroatoms. The van der Waals surface area contributed by atoms with Crippen LogP contribution in [0.25, 0.3) is 11.0 Å². The van der Waals surface area contributed by atoms with E-state index >= 15 is 0 Å². The fraction of sp³-hybridized carbons (Fsp3) is 0.467. The lowest BCUT2D eigenvalue weighted by Crippen LogP contribution is -2.31. The molecule has 0 radical (unpaired) electrons. The molecule has 1 aromatic carbocycles. The van der Waals surface area contributed by atoms with E-state index in [-0.39, 0.29) is 18.0 Å². The summed E-state index contributed by atoms with van der Waals surface area (Å²) in [5, 5.41) is 4.21. The number of fused-ring (bicyclic) bond motifs is 1. The number of furan rings is 1. The zero-order valence-corrected chi connectivity index (χ0v) is 11.0. The number of halogens is 1. The zero-order valence-electron chi connectivity index (χ0n) is 11.0. The van der Waals surface area contributed by atoms with E-state index in [0.717, 1.165) is 42.7 Å². The van der Waals surface area contributed by atoms with Crippen LogP contribution in [-0.2, 0) is 4.74 Å². The van der Waals surface area contributed by atoms with E-state index in [1.165, 1.54) is 12.1 Å². The SMILES string of the molecule is CCNC(c1cc2cc(F)ccc2o1)C1CCCO1. The van der Waals surface area contributed by atoms with Gasteiger partial charge in [-0.1, -0.05) is 6.92 Å². The van der Waals surface area contributed by atoms with Crippen LogP contribution in [0.2, 0.25) is 0 Å². The first-order valence-corrected chi connectivity index (χ1v) is 6.82. The number of ether oxygens (including phenoxy) is 1. The van der Waals surface area contributed by atoms with Gasteiger partial charge in [0.2, 0.25) is 0 Å². The third kappa shape index (κ3) is 2.51. The van der Waals surface area contributed by atoms with Crippen molar-refractivity contribution in [2.24, 2.45) is 0 Å². The van der Waals surface area contributed by atoms with E-state index in [1.54, 1.807) is 6.07 Å². The second-order valence-electron chi connectivity index (χ2n) is 4.92. The Labute approximate surface area is 111 Å². The van der Waals surface area contributed by atoms with Crippen LogP contribution in [0.15, 0.2) is 28.7 Å². The highest BCUT2D eigenvalue weighted by Gasteiger charge is 2.29. The Hall–Kier alpha value is -1.39. The largest absolute Gasteiger partial charge is 0.459 e. The van der Waals surface area contributed by atoms with Crippen LogP contribution in [-0.4, -0.2) is 19.3 Å². The highest BCUT2D eigenvalue weighted by molar-refractivity contribution is 5.78. The minimum atomic E-state index is -0.239. The second kappa shape index (κ2) is 5.31. The molecule has 2 atom stereocenters. The topological polar surface area (TPSA) is 34.4 Å². The van der Waals surface area contributed by atoms with Gasteiger partial charge in [-0.25, -0.2) is 4.39 Å². The van der Waals surface area contributed by atoms with Crippen LogP contribution in [0.4, 0.5) is 4.39 Å². The molecule has 1 fully saturated rings. The van der Waals surface area contributed by atoms with Crippen molar-refractivity contribution >= 4 is 11.0 Å². The monoisotopic (exact) mass is 263 g/mol. The van der Waals surface area contributed by atoms with E-state index in [9.17, 15) is 4.39 Å². The number of hydrogen-bond donors (Lipinski definition) is 1. The molecule has 0 saturated carbocycles. The van der Waals surface area contributed by atoms with E-state index < -0.39 is 0 Å². The van der Waals surface area contributed by atoms with Crippen LogP contribution < -0.4 is 5.32 Å². The fourth-order valence-electron chi connectivity index (χ4n) is 2.69. The summed E-state index contributed by atoms with van der Waals surface area (Å²) in [5.41, 5.74) is 0.720. The van der Waals surface area contributed by atoms with Gasteiger partial charge in [-0.3, -0.25) is 0 Å². The lowest BCUT2D eigenvalue weighted by Gasteiger charge is -2.21. The highest BCUT2D eigenvalue weighted by Crippen LogP contribution is 2.31. The molecule has 19 heavy (non-hydrogen) atoms. The van der Waals surface area contributed by atoms with Crippen molar-refractivity contribution < 1.29 is 13.5 Å². The van der Waals surface area contributed by atoms with Crippen LogP contribution in [0.1, 0.15) is 31.6 Å². The first-order chi connectivity index (χ1) is 9.28. The number of nitrogens with one attached hydrogen (secondary N) is 1. The Morgan fingerprint density at radius 1 is 1.42 bits per heavy atom. The molecule has 1 aromatic heterocycles. The van der Waals surface area contributed by atoms with Gasteiger partial charge in [-0.05, 0) is 43.7 Å². The number of benzene rings is 1. The Bertz CT molecular complexity index is 560. The molecule has 1 saturated heterocycles. The minimum Gasteiger partial charge on any atom is -0.459 e. The summed E-state index contributed by atoms with van der Waals surface area (Å²) < 4.78 is 24.8. The Balaban J connectivity index is 1.94. The molecule has 0 spiro atoms. The normalized spacial score (nSPS) is 21.1. The molecule has 2 unspecified atom stereocenters. The maximum Gasteiger partial charge on any atom is 0.134 e. The van der Waals surface area contributed by atoms with Gasteiger partial charge in [0.25, 0.3) is 0 Å². The van der Waals surface area contributed by atoms with Gasteiger partial charge in [-0.2, -0.15) is 0 Å². The van der Waals surface area contributed by atoms with Crippen molar-refractivity contribution in [3.63, 3.8) is 0 Å². The number of hydrogen-bond acceptors (Lipinski definition) is 3. The average Bonchev–Trinajstić information content (AvgIpc) is 3.04. The van der Waals surface area contributed by atoms with Crippen LogP contribution in [0.3, 0.4) is 0 Å². The molecular formula is C15H18FNO2. The van der Waals surface area contributed by atoms with Gasteiger partial charge in [0.1, 0.15) is 17.2 Å². The number of rotatable bonds is 4. The molecule has 0 amide bonds. The molecule has 2 aromatic rings. The van der Waals surface area contributed by atoms with Crippen molar-refractivity contribution in [1.82, 2.24) is 5.32 Å². The molecule has 0 aliphatic carbocycles. The summed E-state index contributed by atoms with van der Waals surface area (Å²) in [5.74, 6) is 0.589. The van der Waals surface area contributed by atoms with E-state index in [2.05, 4.69) is 12.2 Å². The summed E-state index contributed by atoms with van der Waals surface area (Å²) in [6.45, 7) is 3.71. The molecule has 102 valence electrons. The first-order valence-electron chi connectivity index (χ1n) is 6.82. The van der Waals surface area contributed by atoms with Gasteiger partial charge in [0.15, 0.2) is 0 Å². The van der Waals surface area contributed by atoms with Crippen molar-refractivity contribution in [1.29, 1.82) is 0 Å². The van der Waals surface area contributed by atoms with E-state index in [4.69, 9.17) is 9.15 Å². The third-order valence-electron chi connectivity index (χ3n) is 3.56. The fourth-order valence-corrected chi connectivity index (χ4v) is 2.69. The smallest absolute Gasteiger partial charge is 0.134 e. The van der Waals surface area contributed by atoms with E-state index in [1.807, 2.05) is 6.07 Å². The lowest BCUT2D eigenvalue weighted by atomic mass is 10.1. The van der Waals surface area contributed by atoms with Crippen molar-refractivity contribution in [2.45, 2.75) is 31.9 Å². The highest BCUT2D eigenvalue weighted by atomic mass is 19.1. The van der Waals surface area contributed by atoms with Crippen molar-refractivity contribution in [3.8, 4) is 0 Å². The number of likely N-dealkylation sites (N-methyl/N-ethyl adjacent to an activating group) is 1. The Morgan fingerprint density at radius 2 is 2.32 bits per heavy atom. The maximum absolute atomic E-state index is 13.2. The lowest BCUT2D eigenvalue weighted by molar-refractivity contribution is 0.0723. The molecule has 2 heterocycles. The van der Waals surface area contributed by atoms with E-state index in [0.29, 0.717) is 0 Å². The predicted octanol–water partition coefficient (Wildman–Crippen LogP) is 3.40. The molecule has 1 aliphatic rings. The van der Waals surface area contributed by atoms with Gasteiger partial charge in [0, 0.05) is 12.0 Å². The zero-order chi connectivity index (χ0) is 13.2. The van der Waals surface area contributed by atoms with Crippen LogP contribution >= 0.6 is 0 Å². The standard InChI is InChI=1S/C15H18FNO2/c1-2-17-15(13-4-3-7-18-13)14-9-10-8-11(16)5-6-12(10)19-14/h5-6,8-9,13,15,17H,2-4,7H2,1H3. The molecular weight excluding hydrogens is 245 g/mol. The summed E-state index contributed by atoms with van der Waals surface area (Å²) in [4.78, 5) is 0. The van der Waals surface area contributed by atoms with Crippen molar-refractivity contribution in [3.05, 3.63) is 35.8 Å². The molecule has 1 N–H and O–H groups in total. The quantitative estimate of drug-likeness (QED) is 0.918. The predicted molar refractivity (Wildman–Crippen MR) is 71.6 cm³/mol. The molecule has 3 nitrogen and oxygen atoms in total. The third-order valence-corrected chi connectivity index (χ3v) is 3.56. The Morgan fingerprint density at radius 3 is 3.05 bits per heavy atom. The van der Waals surface area contributed by atoms with Crippen molar-refractivity contribution in [2.75, 3.05) is 13.2 Å². The van der Waals surface area contributed by atoms with Gasteiger partial charge < -0.3 is 14.5 Å². The molecule has 3 rings (SSSR count). The first kappa shape index (κ1) is 12.6. The van der Waals surface area contributed by atoms with Gasteiger partial charge >= 0.3 is 0 Å². The van der Waals surface area contributed by atoms with Crippen LogP contribution in [0, 0.1) is 5.82 Å². The average molecular weight is 263 g/mol. The summed E-state index contributed by atoms with van der Waals surface area (Å²) in [7, 11) is 0. The van der Waals surface area contributed by atoms with Gasteiger partial charge in [-0.15, -0.1) is 0 Å². The van der Waals surface area contributed by atoms with Crippen LogP contribution in [0.5, 0.6) is 0 Å². The molecule has 1 aliphatic heterocycles. The van der Waals surface area contributed by atoms with Gasteiger partial charge in [0.05, 0.1) is 12.1 Å². The summed E-state index contributed by atoms with van der Waals surface area (Å²) in [6.07, 6.45) is 2.26. The minimum absolute atomic E-state index is 0.0444. The molecule has 0 bridgehead atoms. The Kier molecular flexibility index (Phi) is 3.53. The summed E-state index contributed by atoms with van der Waals surface area (Å²) >= 11 is 0. The summed E-state index contributed by atoms with van der Waals surface area (Å²) in [6, 6.07) is 6.55.